The molecule has 1 N–H and O–H groups in total. The summed E-state index contributed by atoms with van der Waals surface area (Å²) in [5, 5.41) is 15.3. The molecule has 4 rings (SSSR count). The van der Waals surface area contributed by atoms with Crippen LogP contribution in [-0.2, 0) is 0 Å². The number of nitrogens with zero attached hydrogens (tertiary/aromatic N) is 6. The number of nitrogens with one attached hydrogen (secondary N) is 1. The molecule has 0 saturated carbocycles. The molecule has 31 heavy (non-hydrogen) atoms. The zero-order valence-corrected chi connectivity index (χ0v) is 18.0. The van der Waals surface area contributed by atoms with E-state index in [9.17, 15) is 10.1 Å². The van der Waals surface area contributed by atoms with E-state index in [0.29, 0.717) is 29.7 Å². The molecule has 1 aliphatic heterocycles. The highest BCUT2D eigenvalue weighted by Gasteiger charge is 2.30. The fraction of sp³-hybridized carbons (Fsp3) is 0.286. The summed E-state index contributed by atoms with van der Waals surface area (Å²) in [4.78, 5) is 28.1. The average molecular weight is 440 g/mol. The molecule has 0 spiro atoms. The van der Waals surface area contributed by atoms with Gasteiger partial charge in [-0.1, -0.05) is 23.7 Å². The van der Waals surface area contributed by atoms with E-state index in [-0.39, 0.29) is 11.5 Å². The monoisotopic (exact) mass is 439 g/mol. The van der Waals surface area contributed by atoms with E-state index in [4.69, 9.17) is 11.6 Å². The van der Waals surface area contributed by atoms with Crippen LogP contribution in [0.1, 0.15) is 11.1 Å². The molecule has 1 aliphatic rings. The van der Waals surface area contributed by atoms with Gasteiger partial charge in [0.25, 0.3) is 0 Å². The van der Waals surface area contributed by atoms with Crippen LogP contribution in [0.3, 0.4) is 0 Å². The fourth-order valence-corrected chi connectivity index (χ4v) is 3.78. The highest BCUT2D eigenvalue weighted by atomic mass is 35.5. The first-order valence-electron chi connectivity index (χ1n) is 9.88. The Balaban J connectivity index is 1.56. The van der Waals surface area contributed by atoms with E-state index in [1.165, 1.54) is 29.3 Å². The van der Waals surface area contributed by atoms with Crippen molar-refractivity contribution >= 4 is 40.4 Å². The Bertz CT molecular complexity index is 1100. The fourth-order valence-electron chi connectivity index (χ4n) is 3.67. The van der Waals surface area contributed by atoms with Crippen molar-refractivity contribution in [2.45, 2.75) is 13.8 Å². The molecule has 0 atom stereocenters. The predicted molar refractivity (Wildman–Crippen MR) is 122 cm³/mol. The normalized spacial score (nSPS) is 13.9. The van der Waals surface area contributed by atoms with Gasteiger partial charge in [0, 0.05) is 38.1 Å². The summed E-state index contributed by atoms with van der Waals surface area (Å²) < 4.78 is 0. The first-order chi connectivity index (χ1) is 14.9. The number of aromatic nitrogens is 3. The van der Waals surface area contributed by atoms with Crippen LogP contribution < -0.4 is 15.1 Å². The number of anilines is 4. The number of rotatable bonds is 5. The quantitative estimate of drug-likeness (QED) is 0.468. The average Bonchev–Trinajstić information content (AvgIpc) is 2.77. The Morgan fingerprint density at radius 1 is 1.03 bits per heavy atom. The van der Waals surface area contributed by atoms with Gasteiger partial charge in [-0.05, 0) is 43.2 Å². The molecule has 1 fully saturated rings. The highest BCUT2D eigenvalue weighted by Crippen LogP contribution is 2.34. The molecule has 0 aliphatic carbocycles. The molecule has 0 unspecified atom stereocenters. The summed E-state index contributed by atoms with van der Waals surface area (Å²) in [6.07, 6.45) is 2.79. The van der Waals surface area contributed by atoms with Crippen LogP contribution >= 0.6 is 11.6 Å². The zero-order valence-electron chi connectivity index (χ0n) is 17.2. The van der Waals surface area contributed by atoms with Crippen molar-refractivity contribution in [1.29, 1.82) is 0 Å². The first-order valence-corrected chi connectivity index (χ1v) is 10.3. The van der Waals surface area contributed by atoms with Gasteiger partial charge in [-0.2, -0.15) is 0 Å². The molecule has 1 saturated heterocycles. The van der Waals surface area contributed by atoms with Gasteiger partial charge < -0.3 is 15.1 Å². The minimum atomic E-state index is -0.454. The third-order valence-corrected chi connectivity index (χ3v) is 5.68. The Morgan fingerprint density at radius 2 is 1.77 bits per heavy atom. The molecule has 3 aromatic rings. The first kappa shape index (κ1) is 20.8. The van der Waals surface area contributed by atoms with E-state index in [0.717, 1.165) is 13.1 Å². The Labute approximate surface area is 184 Å². The largest absolute Gasteiger partial charge is 0.368 e. The topological polar surface area (TPSA) is 100 Å². The molecule has 160 valence electrons. The van der Waals surface area contributed by atoms with Crippen molar-refractivity contribution in [3.8, 4) is 0 Å². The van der Waals surface area contributed by atoms with Gasteiger partial charge in [-0.25, -0.2) is 15.0 Å². The van der Waals surface area contributed by atoms with E-state index in [1.54, 1.807) is 12.1 Å². The molecule has 3 heterocycles. The van der Waals surface area contributed by atoms with E-state index >= 15 is 0 Å². The summed E-state index contributed by atoms with van der Waals surface area (Å²) in [7, 11) is 0. The second-order valence-corrected chi connectivity index (χ2v) is 7.77. The lowest BCUT2D eigenvalue weighted by molar-refractivity contribution is -0.383. The summed E-state index contributed by atoms with van der Waals surface area (Å²) in [5.41, 5.74) is 3.54. The van der Waals surface area contributed by atoms with Crippen LogP contribution in [0.25, 0.3) is 0 Å². The standard InChI is InChI=1S/C21H22ClN7O2/c1-14-4-3-5-17(15(14)2)27-8-10-28(11-9-27)21-19(29(30)31)20(24-13-25-21)26-18-7-6-16(22)12-23-18/h3-7,12-13H,8-11H2,1-2H3,(H,23,24,25,26). The zero-order chi connectivity index (χ0) is 22.0. The minimum absolute atomic E-state index is 0.0989. The van der Waals surface area contributed by atoms with Gasteiger partial charge in [0.2, 0.25) is 11.6 Å². The number of hydrogen-bond donors (Lipinski definition) is 1. The molecule has 2 aromatic heterocycles. The summed E-state index contributed by atoms with van der Waals surface area (Å²) in [6, 6.07) is 9.56. The molecule has 1 aromatic carbocycles. The summed E-state index contributed by atoms with van der Waals surface area (Å²) in [5.74, 6) is 0.816. The molecular weight excluding hydrogens is 418 g/mol. The van der Waals surface area contributed by atoms with Crippen molar-refractivity contribution in [3.05, 3.63) is 69.1 Å². The van der Waals surface area contributed by atoms with Crippen LogP contribution in [0.15, 0.2) is 42.9 Å². The van der Waals surface area contributed by atoms with Gasteiger partial charge in [0.05, 0.1) is 9.95 Å². The number of aryl methyl sites for hydroxylation is 1. The predicted octanol–water partition coefficient (Wildman–Crippen LogP) is 4.12. The van der Waals surface area contributed by atoms with E-state index < -0.39 is 4.92 Å². The van der Waals surface area contributed by atoms with Crippen LogP contribution in [0.4, 0.5) is 28.8 Å². The number of piperazine rings is 1. The molecule has 10 heteroatoms. The van der Waals surface area contributed by atoms with Crippen molar-refractivity contribution < 1.29 is 4.92 Å². The van der Waals surface area contributed by atoms with Gasteiger partial charge in [0.1, 0.15) is 12.1 Å². The summed E-state index contributed by atoms with van der Waals surface area (Å²) >= 11 is 5.86. The number of benzene rings is 1. The molecule has 0 amide bonds. The van der Waals surface area contributed by atoms with Gasteiger partial charge in [0.15, 0.2) is 0 Å². The van der Waals surface area contributed by atoms with Gasteiger partial charge in [-0.15, -0.1) is 0 Å². The number of nitro groups is 1. The van der Waals surface area contributed by atoms with E-state index in [1.807, 2.05) is 4.90 Å². The van der Waals surface area contributed by atoms with Gasteiger partial charge in [-0.3, -0.25) is 10.1 Å². The number of halogens is 1. The highest BCUT2D eigenvalue weighted by molar-refractivity contribution is 6.30. The Morgan fingerprint density at radius 3 is 2.45 bits per heavy atom. The summed E-state index contributed by atoms with van der Waals surface area (Å²) in [6.45, 7) is 6.94. The molecule has 0 bridgehead atoms. The van der Waals surface area contributed by atoms with Crippen molar-refractivity contribution in [3.63, 3.8) is 0 Å². The number of hydrogen-bond acceptors (Lipinski definition) is 8. The second kappa shape index (κ2) is 8.73. The third-order valence-electron chi connectivity index (χ3n) is 5.46. The minimum Gasteiger partial charge on any atom is -0.368 e. The lowest BCUT2D eigenvalue weighted by Gasteiger charge is -2.37. The molecule has 0 radical (unpaired) electrons. The smallest absolute Gasteiger partial charge is 0.353 e. The van der Waals surface area contributed by atoms with Crippen molar-refractivity contribution in [2.75, 3.05) is 41.3 Å². The maximum atomic E-state index is 11.9. The Hall–Kier alpha value is -3.46. The maximum absolute atomic E-state index is 11.9. The number of pyridine rings is 1. The van der Waals surface area contributed by atoms with Crippen molar-refractivity contribution in [2.24, 2.45) is 0 Å². The van der Waals surface area contributed by atoms with Crippen LogP contribution in [0.2, 0.25) is 5.02 Å². The molecular formula is C21H22ClN7O2. The third kappa shape index (κ3) is 4.36. The lowest BCUT2D eigenvalue weighted by Crippen LogP contribution is -2.47. The maximum Gasteiger partial charge on any atom is 0.353 e. The van der Waals surface area contributed by atoms with Crippen LogP contribution in [-0.4, -0.2) is 46.1 Å². The van der Waals surface area contributed by atoms with Crippen LogP contribution in [0.5, 0.6) is 0 Å². The van der Waals surface area contributed by atoms with Crippen LogP contribution in [0, 0.1) is 24.0 Å². The van der Waals surface area contributed by atoms with Crippen molar-refractivity contribution in [1.82, 2.24) is 15.0 Å². The Kier molecular flexibility index (Phi) is 5.85. The molecule has 9 nitrogen and oxygen atoms in total. The second-order valence-electron chi connectivity index (χ2n) is 7.33. The SMILES string of the molecule is Cc1cccc(N2CCN(c3ncnc(Nc4ccc(Cl)cn4)c3[N+](=O)[O-])CC2)c1C. The van der Waals surface area contributed by atoms with Gasteiger partial charge >= 0.3 is 5.69 Å². The van der Waals surface area contributed by atoms with E-state index in [2.05, 4.69) is 57.2 Å². The lowest BCUT2D eigenvalue weighted by atomic mass is 10.1.